The summed E-state index contributed by atoms with van der Waals surface area (Å²) in [5.41, 5.74) is 3.91. The second-order valence-corrected chi connectivity index (χ2v) is 6.08. The molecule has 0 atom stereocenters. The second-order valence-electron chi connectivity index (χ2n) is 6.08. The Morgan fingerprint density at radius 2 is 1.57 bits per heavy atom. The lowest BCUT2D eigenvalue weighted by atomic mass is 9.81. The van der Waals surface area contributed by atoms with Crippen LogP contribution in [0.1, 0.15) is 49.1 Å². The summed E-state index contributed by atoms with van der Waals surface area (Å²) in [4.78, 5) is 0. The summed E-state index contributed by atoms with van der Waals surface area (Å²) < 4.78 is 0. The molecule has 3 rings (SSSR count). The molecule has 1 saturated carbocycles. The fraction of sp³-hybridized carbons (Fsp3) is 0.368. The molecule has 0 aliphatic heterocycles. The van der Waals surface area contributed by atoms with Crippen LogP contribution in [0.2, 0.25) is 0 Å². The van der Waals surface area contributed by atoms with Gasteiger partial charge in [-0.2, -0.15) is 0 Å². The quantitative estimate of drug-likeness (QED) is 0.802. The highest BCUT2D eigenvalue weighted by Gasteiger charge is 2.20. The van der Waals surface area contributed by atoms with E-state index in [2.05, 4.69) is 13.0 Å². The van der Waals surface area contributed by atoms with E-state index in [-0.39, 0.29) is 11.5 Å². The molecule has 0 aromatic heterocycles. The summed E-state index contributed by atoms with van der Waals surface area (Å²) in [7, 11) is 0. The summed E-state index contributed by atoms with van der Waals surface area (Å²) in [6.07, 6.45) is 6.37. The molecule has 0 radical (unpaired) electrons. The fourth-order valence-electron chi connectivity index (χ4n) is 3.48. The normalized spacial score (nSPS) is 16.0. The van der Waals surface area contributed by atoms with Crippen LogP contribution in [-0.4, -0.2) is 10.2 Å². The third-order valence-electron chi connectivity index (χ3n) is 4.62. The summed E-state index contributed by atoms with van der Waals surface area (Å²) in [6.45, 7) is 2.07. The first-order valence-corrected chi connectivity index (χ1v) is 7.78. The molecule has 2 aromatic carbocycles. The minimum absolute atomic E-state index is 0.214. The van der Waals surface area contributed by atoms with E-state index in [9.17, 15) is 10.2 Å². The number of aromatic hydroxyl groups is 2. The van der Waals surface area contributed by atoms with Crippen molar-refractivity contribution in [1.29, 1.82) is 0 Å². The second kappa shape index (κ2) is 5.80. The molecule has 0 unspecified atom stereocenters. The first-order valence-electron chi connectivity index (χ1n) is 7.78. The average Bonchev–Trinajstić information content (AvgIpc) is 2.49. The van der Waals surface area contributed by atoms with Crippen molar-refractivity contribution in [2.24, 2.45) is 0 Å². The summed E-state index contributed by atoms with van der Waals surface area (Å²) in [6, 6.07) is 11.1. The maximum atomic E-state index is 10.3. The van der Waals surface area contributed by atoms with E-state index in [0.717, 1.165) is 11.1 Å². The number of hydrogen-bond acceptors (Lipinski definition) is 2. The molecule has 21 heavy (non-hydrogen) atoms. The molecule has 0 amide bonds. The van der Waals surface area contributed by atoms with E-state index in [1.54, 1.807) is 12.1 Å². The molecule has 0 heterocycles. The van der Waals surface area contributed by atoms with E-state index in [1.165, 1.54) is 37.7 Å². The molecule has 1 aliphatic rings. The lowest BCUT2D eigenvalue weighted by Crippen LogP contribution is -2.06. The van der Waals surface area contributed by atoms with Crippen LogP contribution < -0.4 is 0 Å². The third kappa shape index (κ3) is 2.76. The first kappa shape index (κ1) is 14.0. The average molecular weight is 282 g/mol. The topological polar surface area (TPSA) is 40.5 Å². The van der Waals surface area contributed by atoms with Crippen LogP contribution in [0, 0.1) is 6.92 Å². The standard InChI is InChI=1S/C19H22O2/c1-13-11-19(21)17(15-9-5-6-10-18(15)20)12-16(13)14-7-3-2-4-8-14/h5-6,9-12,14,20-21H,2-4,7-8H2,1H3. The van der Waals surface area contributed by atoms with Gasteiger partial charge in [0.25, 0.3) is 0 Å². The van der Waals surface area contributed by atoms with Crippen molar-refractivity contribution < 1.29 is 10.2 Å². The van der Waals surface area contributed by atoms with Crippen LogP contribution in [0.15, 0.2) is 36.4 Å². The van der Waals surface area contributed by atoms with Gasteiger partial charge in [0, 0.05) is 11.1 Å². The SMILES string of the molecule is Cc1cc(O)c(-c2ccccc2O)cc1C1CCCCC1. The van der Waals surface area contributed by atoms with Gasteiger partial charge in [-0.05, 0) is 55.0 Å². The summed E-state index contributed by atoms with van der Waals surface area (Å²) >= 11 is 0. The molecule has 2 heteroatoms. The maximum Gasteiger partial charge on any atom is 0.123 e. The zero-order chi connectivity index (χ0) is 14.8. The van der Waals surface area contributed by atoms with Crippen LogP contribution in [0.5, 0.6) is 11.5 Å². The molecule has 0 spiro atoms. The molecular weight excluding hydrogens is 260 g/mol. The highest BCUT2D eigenvalue weighted by molar-refractivity contribution is 5.76. The number of phenolic OH excluding ortho intramolecular Hbond substituents is 2. The van der Waals surface area contributed by atoms with Crippen molar-refractivity contribution in [3.8, 4) is 22.6 Å². The predicted octanol–water partition coefficient (Wildman–Crippen LogP) is 5.12. The van der Waals surface area contributed by atoms with Crippen LogP contribution in [-0.2, 0) is 0 Å². The van der Waals surface area contributed by atoms with Crippen molar-refractivity contribution in [1.82, 2.24) is 0 Å². The fourth-order valence-corrected chi connectivity index (χ4v) is 3.48. The van der Waals surface area contributed by atoms with Gasteiger partial charge >= 0.3 is 0 Å². The number of phenols is 2. The summed E-state index contributed by atoms with van der Waals surface area (Å²) in [5.74, 6) is 1.05. The largest absolute Gasteiger partial charge is 0.507 e. The van der Waals surface area contributed by atoms with Gasteiger partial charge in [0.05, 0.1) is 0 Å². The monoisotopic (exact) mass is 282 g/mol. The molecule has 0 saturated heterocycles. The Balaban J connectivity index is 2.07. The van der Waals surface area contributed by atoms with Gasteiger partial charge < -0.3 is 10.2 Å². The number of para-hydroxylation sites is 1. The molecular formula is C19H22O2. The minimum Gasteiger partial charge on any atom is -0.507 e. The Bertz CT molecular complexity index is 640. The van der Waals surface area contributed by atoms with Gasteiger partial charge in [-0.15, -0.1) is 0 Å². The molecule has 1 aliphatic carbocycles. The maximum absolute atomic E-state index is 10.3. The van der Waals surface area contributed by atoms with Gasteiger partial charge in [-0.1, -0.05) is 37.5 Å². The molecule has 2 N–H and O–H groups in total. The van der Waals surface area contributed by atoms with E-state index in [1.807, 2.05) is 18.2 Å². The Labute approximate surface area is 126 Å². The van der Waals surface area contributed by atoms with E-state index in [4.69, 9.17) is 0 Å². The molecule has 2 nitrogen and oxygen atoms in total. The van der Waals surface area contributed by atoms with Crippen LogP contribution in [0.3, 0.4) is 0 Å². The minimum atomic E-state index is 0.214. The smallest absolute Gasteiger partial charge is 0.123 e. The Hall–Kier alpha value is -1.96. The van der Waals surface area contributed by atoms with Gasteiger partial charge in [0.1, 0.15) is 11.5 Å². The number of rotatable bonds is 2. The number of benzene rings is 2. The third-order valence-corrected chi connectivity index (χ3v) is 4.62. The van der Waals surface area contributed by atoms with Gasteiger partial charge in [0.2, 0.25) is 0 Å². The highest BCUT2D eigenvalue weighted by atomic mass is 16.3. The van der Waals surface area contributed by atoms with Crippen LogP contribution in [0.25, 0.3) is 11.1 Å². The lowest BCUT2D eigenvalue weighted by molar-refractivity contribution is 0.440. The van der Waals surface area contributed by atoms with Gasteiger partial charge in [-0.3, -0.25) is 0 Å². The highest BCUT2D eigenvalue weighted by Crippen LogP contribution is 2.41. The van der Waals surface area contributed by atoms with Crippen molar-refractivity contribution in [3.05, 3.63) is 47.5 Å². The first-order chi connectivity index (χ1) is 10.2. The lowest BCUT2D eigenvalue weighted by Gasteiger charge is -2.24. The van der Waals surface area contributed by atoms with Crippen molar-refractivity contribution in [2.45, 2.75) is 44.9 Å². The zero-order valence-electron chi connectivity index (χ0n) is 12.5. The molecule has 1 fully saturated rings. The van der Waals surface area contributed by atoms with Gasteiger partial charge in [-0.25, -0.2) is 0 Å². The number of aryl methyl sites for hydroxylation is 1. The van der Waals surface area contributed by atoms with Gasteiger partial charge in [0.15, 0.2) is 0 Å². The van der Waals surface area contributed by atoms with Crippen molar-refractivity contribution in [3.63, 3.8) is 0 Å². The van der Waals surface area contributed by atoms with Crippen LogP contribution in [0.4, 0.5) is 0 Å². The van der Waals surface area contributed by atoms with Crippen molar-refractivity contribution in [2.75, 3.05) is 0 Å². The Morgan fingerprint density at radius 1 is 0.857 bits per heavy atom. The van der Waals surface area contributed by atoms with Crippen LogP contribution >= 0.6 is 0 Å². The van der Waals surface area contributed by atoms with E-state index in [0.29, 0.717) is 11.5 Å². The predicted molar refractivity (Wildman–Crippen MR) is 85.8 cm³/mol. The molecule has 0 bridgehead atoms. The van der Waals surface area contributed by atoms with Crippen molar-refractivity contribution >= 4 is 0 Å². The number of hydrogen-bond donors (Lipinski definition) is 2. The molecule has 2 aromatic rings. The Kier molecular flexibility index (Phi) is 3.87. The van der Waals surface area contributed by atoms with E-state index >= 15 is 0 Å². The summed E-state index contributed by atoms with van der Waals surface area (Å²) in [5, 5.41) is 20.3. The Morgan fingerprint density at radius 3 is 2.29 bits per heavy atom. The zero-order valence-corrected chi connectivity index (χ0v) is 12.5. The molecule has 110 valence electrons. The van der Waals surface area contributed by atoms with E-state index < -0.39 is 0 Å².